The number of piperidine rings is 1. The fourth-order valence-electron chi connectivity index (χ4n) is 3.03. The summed E-state index contributed by atoms with van der Waals surface area (Å²) in [4.78, 5) is 18.6. The van der Waals surface area contributed by atoms with E-state index in [0.29, 0.717) is 19.0 Å². The number of carbonyl (C=O) groups excluding carboxylic acids is 1. The van der Waals surface area contributed by atoms with Gasteiger partial charge in [0.25, 0.3) is 0 Å². The van der Waals surface area contributed by atoms with Crippen LogP contribution in [-0.4, -0.2) is 44.9 Å². The Morgan fingerprint density at radius 2 is 2.00 bits per heavy atom. The molecule has 25 heavy (non-hydrogen) atoms. The van der Waals surface area contributed by atoms with Crippen LogP contribution in [0.3, 0.4) is 0 Å². The van der Waals surface area contributed by atoms with Crippen LogP contribution in [0, 0.1) is 6.92 Å². The number of amides is 1. The second-order valence-corrected chi connectivity index (χ2v) is 7.66. The third-order valence-corrected chi connectivity index (χ3v) is 4.31. The Labute approximate surface area is 148 Å². The van der Waals surface area contributed by atoms with Gasteiger partial charge in [-0.25, -0.2) is 9.78 Å². The van der Waals surface area contributed by atoms with Crippen LogP contribution in [0.15, 0.2) is 24.3 Å². The summed E-state index contributed by atoms with van der Waals surface area (Å²) in [5, 5.41) is 7.44. The fourth-order valence-corrected chi connectivity index (χ4v) is 3.03. The number of hydrogen-bond donors (Lipinski definition) is 1. The molecule has 3 rings (SSSR count). The Balaban J connectivity index is 1.61. The Morgan fingerprint density at radius 3 is 2.64 bits per heavy atom. The molecule has 0 radical (unpaired) electrons. The van der Waals surface area contributed by atoms with Crippen molar-refractivity contribution in [3.8, 4) is 11.4 Å². The molecule has 1 fully saturated rings. The van der Waals surface area contributed by atoms with Crippen molar-refractivity contribution in [2.24, 2.45) is 0 Å². The average Bonchev–Trinajstić information content (AvgIpc) is 3.03. The smallest absolute Gasteiger partial charge is 0.410 e. The molecule has 0 unspecified atom stereocenters. The third-order valence-electron chi connectivity index (χ3n) is 4.31. The average molecular weight is 342 g/mol. The lowest BCUT2D eigenvalue weighted by Crippen LogP contribution is -2.41. The number of rotatable bonds is 2. The van der Waals surface area contributed by atoms with Crippen LogP contribution in [0.1, 0.15) is 50.9 Å². The van der Waals surface area contributed by atoms with Crippen molar-refractivity contribution in [1.82, 2.24) is 20.1 Å². The van der Waals surface area contributed by atoms with E-state index in [1.807, 2.05) is 32.9 Å². The number of nitrogens with zero attached hydrogens (tertiary/aromatic N) is 3. The molecule has 0 bridgehead atoms. The van der Waals surface area contributed by atoms with Gasteiger partial charge in [0.05, 0.1) is 0 Å². The van der Waals surface area contributed by atoms with E-state index in [2.05, 4.69) is 34.2 Å². The molecule has 1 aliphatic heterocycles. The highest BCUT2D eigenvalue weighted by Gasteiger charge is 2.28. The van der Waals surface area contributed by atoms with Gasteiger partial charge < -0.3 is 9.64 Å². The number of aromatic nitrogens is 3. The van der Waals surface area contributed by atoms with Gasteiger partial charge in [0, 0.05) is 24.6 Å². The number of H-pyrrole nitrogens is 1. The molecular weight excluding hydrogens is 316 g/mol. The molecular formula is C19H26N4O2. The number of aryl methyl sites for hydroxylation is 1. The second-order valence-electron chi connectivity index (χ2n) is 7.66. The minimum Gasteiger partial charge on any atom is -0.444 e. The molecule has 1 aromatic heterocycles. The first-order chi connectivity index (χ1) is 11.8. The summed E-state index contributed by atoms with van der Waals surface area (Å²) in [6, 6.07) is 8.17. The Hall–Kier alpha value is -2.37. The van der Waals surface area contributed by atoms with Crippen LogP contribution in [0.25, 0.3) is 11.4 Å². The van der Waals surface area contributed by atoms with Crippen LogP contribution >= 0.6 is 0 Å². The maximum absolute atomic E-state index is 12.1. The largest absolute Gasteiger partial charge is 0.444 e. The zero-order chi connectivity index (χ0) is 18.0. The van der Waals surface area contributed by atoms with Gasteiger partial charge in [-0.3, -0.25) is 5.10 Å². The predicted molar refractivity (Wildman–Crippen MR) is 96.3 cm³/mol. The minimum atomic E-state index is -0.457. The van der Waals surface area contributed by atoms with Crippen LogP contribution in [0.5, 0.6) is 0 Å². The monoisotopic (exact) mass is 342 g/mol. The van der Waals surface area contributed by atoms with Crippen molar-refractivity contribution in [2.45, 2.75) is 52.1 Å². The Kier molecular flexibility index (Phi) is 4.79. The first-order valence-corrected chi connectivity index (χ1v) is 8.79. The van der Waals surface area contributed by atoms with Gasteiger partial charge in [-0.2, -0.15) is 5.10 Å². The third kappa shape index (κ3) is 4.38. The summed E-state index contributed by atoms with van der Waals surface area (Å²) in [6.45, 7) is 9.08. The van der Waals surface area contributed by atoms with Crippen LogP contribution in [0.4, 0.5) is 4.79 Å². The lowest BCUT2D eigenvalue weighted by Gasteiger charge is -2.32. The van der Waals surface area contributed by atoms with Gasteiger partial charge in [-0.1, -0.05) is 23.8 Å². The molecule has 1 saturated heterocycles. The van der Waals surface area contributed by atoms with Crippen LogP contribution in [0.2, 0.25) is 0 Å². The van der Waals surface area contributed by atoms with Crippen molar-refractivity contribution in [3.63, 3.8) is 0 Å². The van der Waals surface area contributed by atoms with E-state index in [1.165, 1.54) is 5.56 Å². The van der Waals surface area contributed by atoms with Crippen LogP contribution in [-0.2, 0) is 4.74 Å². The summed E-state index contributed by atoms with van der Waals surface area (Å²) in [6.07, 6.45) is 1.49. The topological polar surface area (TPSA) is 71.1 Å². The summed E-state index contributed by atoms with van der Waals surface area (Å²) in [7, 11) is 0. The highest BCUT2D eigenvalue weighted by atomic mass is 16.6. The molecule has 0 spiro atoms. The van der Waals surface area contributed by atoms with E-state index in [1.54, 1.807) is 4.90 Å². The van der Waals surface area contributed by atoms with Crippen molar-refractivity contribution in [1.29, 1.82) is 0 Å². The molecule has 2 aromatic rings. The lowest BCUT2D eigenvalue weighted by atomic mass is 9.96. The summed E-state index contributed by atoms with van der Waals surface area (Å²) < 4.78 is 5.44. The zero-order valence-electron chi connectivity index (χ0n) is 15.4. The van der Waals surface area contributed by atoms with Crippen molar-refractivity contribution in [3.05, 3.63) is 35.7 Å². The van der Waals surface area contributed by atoms with E-state index < -0.39 is 5.60 Å². The number of likely N-dealkylation sites (tertiary alicyclic amines) is 1. The normalized spacial score (nSPS) is 16.1. The predicted octanol–water partition coefficient (Wildman–Crippen LogP) is 3.89. The van der Waals surface area contributed by atoms with Gasteiger partial charge in [-0.05, 0) is 46.6 Å². The molecule has 0 atom stereocenters. The number of carbonyl (C=O) groups is 1. The van der Waals surface area contributed by atoms with Crippen molar-refractivity contribution >= 4 is 6.09 Å². The second kappa shape index (κ2) is 6.86. The fraction of sp³-hybridized carbons (Fsp3) is 0.526. The minimum absolute atomic E-state index is 0.232. The zero-order valence-corrected chi connectivity index (χ0v) is 15.4. The van der Waals surface area contributed by atoms with E-state index in [-0.39, 0.29) is 6.09 Å². The number of aromatic amines is 1. The van der Waals surface area contributed by atoms with Gasteiger partial charge in [0.15, 0.2) is 5.82 Å². The van der Waals surface area contributed by atoms with Gasteiger partial charge in [-0.15, -0.1) is 0 Å². The molecule has 6 heteroatoms. The standard InChI is InChI=1S/C19H26N4O2/c1-13-6-5-7-15(12-13)17-20-16(21-22-17)14-8-10-23(11-9-14)18(24)25-19(2,3)4/h5-7,12,14H,8-11H2,1-4H3,(H,20,21,22). The SMILES string of the molecule is Cc1cccc(-c2n[nH]c(C3CCN(C(=O)OC(C)(C)C)CC3)n2)c1. The van der Waals surface area contributed by atoms with E-state index in [9.17, 15) is 4.79 Å². The van der Waals surface area contributed by atoms with Crippen LogP contribution < -0.4 is 0 Å². The molecule has 0 saturated carbocycles. The van der Waals surface area contributed by atoms with Crippen molar-refractivity contribution < 1.29 is 9.53 Å². The number of nitrogens with one attached hydrogen (secondary N) is 1. The molecule has 1 amide bonds. The first-order valence-electron chi connectivity index (χ1n) is 8.79. The number of benzene rings is 1. The van der Waals surface area contributed by atoms with E-state index in [0.717, 1.165) is 30.1 Å². The van der Waals surface area contributed by atoms with Gasteiger partial charge in [0.2, 0.25) is 0 Å². The summed E-state index contributed by atoms with van der Waals surface area (Å²) in [5.74, 6) is 1.93. The molecule has 1 aromatic carbocycles. The lowest BCUT2D eigenvalue weighted by molar-refractivity contribution is 0.0203. The number of ether oxygens (including phenoxy) is 1. The maximum atomic E-state index is 12.1. The Bertz CT molecular complexity index is 740. The summed E-state index contributed by atoms with van der Waals surface area (Å²) >= 11 is 0. The number of hydrogen-bond acceptors (Lipinski definition) is 4. The van der Waals surface area contributed by atoms with E-state index in [4.69, 9.17) is 4.74 Å². The molecule has 6 nitrogen and oxygen atoms in total. The molecule has 1 N–H and O–H groups in total. The maximum Gasteiger partial charge on any atom is 0.410 e. The molecule has 0 aliphatic carbocycles. The Morgan fingerprint density at radius 1 is 1.28 bits per heavy atom. The molecule has 2 heterocycles. The van der Waals surface area contributed by atoms with Gasteiger partial charge in [0.1, 0.15) is 11.4 Å². The van der Waals surface area contributed by atoms with Gasteiger partial charge >= 0.3 is 6.09 Å². The highest BCUT2D eigenvalue weighted by Crippen LogP contribution is 2.28. The molecule has 1 aliphatic rings. The quantitative estimate of drug-likeness (QED) is 0.898. The summed E-state index contributed by atoms with van der Waals surface area (Å²) in [5.41, 5.74) is 1.75. The van der Waals surface area contributed by atoms with E-state index >= 15 is 0 Å². The first kappa shape index (κ1) is 17.5. The molecule has 134 valence electrons. The highest BCUT2D eigenvalue weighted by molar-refractivity contribution is 5.68. The van der Waals surface area contributed by atoms with Crippen molar-refractivity contribution in [2.75, 3.05) is 13.1 Å².